The Morgan fingerprint density at radius 1 is 1.47 bits per heavy atom. The van der Waals surface area contributed by atoms with Crippen molar-refractivity contribution in [1.82, 2.24) is 15.1 Å². The fourth-order valence-electron chi connectivity index (χ4n) is 1.93. The molecule has 0 saturated carbocycles. The van der Waals surface area contributed by atoms with Crippen LogP contribution in [0.25, 0.3) is 0 Å². The smallest absolute Gasteiger partial charge is 0.242 e. The van der Waals surface area contributed by atoms with Gasteiger partial charge in [-0.3, -0.25) is 9.59 Å². The predicted molar refractivity (Wildman–Crippen MR) is 67.4 cm³/mol. The number of nitrogens with one attached hydrogen (secondary N) is 1. The van der Waals surface area contributed by atoms with E-state index < -0.39 is 0 Å². The van der Waals surface area contributed by atoms with Crippen molar-refractivity contribution < 1.29 is 9.59 Å². The van der Waals surface area contributed by atoms with Gasteiger partial charge in [-0.2, -0.15) is 0 Å². The van der Waals surface area contributed by atoms with E-state index in [0.29, 0.717) is 5.75 Å². The maximum Gasteiger partial charge on any atom is 0.242 e. The second kappa shape index (κ2) is 5.55. The number of thioether (sulfide) groups is 1. The first-order chi connectivity index (χ1) is 8.18. The van der Waals surface area contributed by atoms with Gasteiger partial charge in [-0.15, -0.1) is 11.8 Å². The maximum atomic E-state index is 12.0. The summed E-state index contributed by atoms with van der Waals surface area (Å²) in [5, 5.41) is 5.14. The summed E-state index contributed by atoms with van der Waals surface area (Å²) in [4.78, 5) is 27.1. The summed E-state index contributed by atoms with van der Waals surface area (Å²) in [6.45, 7) is 5.20. The normalized spacial score (nSPS) is 21.5. The molecule has 1 saturated heterocycles. The van der Waals surface area contributed by atoms with E-state index in [1.165, 1.54) is 11.8 Å². The van der Waals surface area contributed by atoms with E-state index in [9.17, 15) is 9.59 Å². The average Bonchev–Trinajstić information content (AvgIpc) is 2.35. The molecule has 2 aliphatic heterocycles. The van der Waals surface area contributed by atoms with E-state index in [0.717, 1.165) is 31.9 Å². The molecule has 1 fully saturated rings. The number of hydrogen-bond acceptors (Lipinski definition) is 4. The molecule has 5 nitrogen and oxygen atoms in total. The standard InChI is InChI=1S/C11H17N3O2S/c1-9-7-17-8-11(16)14(9)6-10(15)13-4-2-12-3-5-13/h7,12H,2-6,8H2,1H3. The van der Waals surface area contributed by atoms with Gasteiger partial charge in [-0.25, -0.2) is 0 Å². The van der Waals surface area contributed by atoms with Crippen LogP contribution in [0.1, 0.15) is 6.92 Å². The van der Waals surface area contributed by atoms with E-state index in [1.54, 1.807) is 4.90 Å². The quantitative estimate of drug-likeness (QED) is 0.746. The molecule has 0 aromatic heterocycles. The Balaban J connectivity index is 1.95. The minimum atomic E-state index is 0.0264. The first-order valence-electron chi connectivity index (χ1n) is 5.76. The average molecular weight is 255 g/mol. The van der Waals surface area contributed by atoms with E-state index in [2.05, 4.69) is 5.32 Å². The van der Waals surface area contributed by atoms with Crippen LogP contribution in [0.3, 0.4) is 0 Å². The summed E-state index contributed by atoms with van der Waals surface area (Å²) in [5.74, 6) is 0.504. The van der Waals surface area contributed by atoms with Gasteiger partial charge in [0, 0.05) is 31.9 Å². The van der Waals surface area contributed by atoms with Crippen molar-refractivity contribution in [2.45, 2.75) is 6.92 Å². The summed E-state index contributed by atoms with van der Waals surface area (Å²) in [5.41, 5.74) is 0.870. The van der Waals surface area contributed by atoms with Gasteiger partial charge in [0.05, 0.1) is 5.75 Å². The number of amides is 2. The van der Waals surface area contributed by atoms with Crippen LogP contribution >= 0.6 is 11.8 Å². The molecular formula is C11H17N3O2S. The van der Waals surface area contributed by atoms with Gasteiger partial charge in [-0.05, 0) is 12.3 Å². The lowest BCUT2D eigenvalue weighted by molar-refractivity contribution is -0.138. The Kier molecular flexibility index (Phi) is 4.06. The van der Waals surface area contributed by atoms with Gasteiger partial charge in [0.1, 0.15) is 6.54 Å². The van der Waals surface area contributed by atoms with Gasteiger partial charge >= 0.3 is 0 Å². The summed E-state index contributed by atoms with van der Waals surface area (Å²) in [6, 6.07) is 0. The zero-order valence-electron chi connectivity index (χ0n) is 9.94. The van der Waals surface area contributed by atoms with Crippen LogP contribution in [-0.4, -0.2) is 60.1 Å². The minimum absolute atomic E-state index is 0.0264. The third-order valence-corrected chi connectivity index (χ3v) is 3.87. The lowest BCUT2D eigenvalue weighted by Gasteiger charge is -2.31. The highest BCUT2D eigenvalue weighted by Crippen LogP contribution is 2.19. The molecule has 0 unspecified atom stereocenters. The summed E-state index contributed by atoms with van der Waals surface area (Å²) in [6.07, 6.45) is 0. The zero-order chi connectivity index (χ0) is 12.3. The van der Waals surface area contributed by atoms with Crippen molar-refractivity contribution in [1.29, 1.82) is 0 Å². The first-order valence-corrected chi connectivity index (χ1v) is 6.80. The van der Waals surface area contributed by atoms with Gasteiger partial charge in [0.15, 0.2) is 0 Å². The van der Waals surface area contributed by atoms with E-state index in [4.69, 9.17) is 0 Å². The number of nitrogens with zero attached hydrogens (tertiary/aromatic N) is 2. The minimum Gasteiger partial charge on any atom is -0.339 e. The molecule has 0 radical (unpaired) electrons. The molecule has 94 valence electrons. The van der Waals surface area contributed by atoms with Crippen molar-refractivity contribution in [2.24, 2.45) is 0 Å². The van der Waals surface area contributed by atoms with E-state index in [-0.39, 0.29) is 18.4 Å². The number of piperazine rings is 1. The maximum absolute atomic E-state index is 12.0. The van der Waals surface area contributed by atoms with Gasteiger partial charge in [-0.1, -0.05) is 0 Å². The van der Waals surface area contributed by atoms with Gasteiger partial charge in [0.2, 0.25) is 11.8 Å². The van der Waals surface area contributed by atoms with Gasteiger partial charge in [0.25, 0.3) is 0 Å². The van der Waals surface area contributed by atoms with Crippen LogP contribution in [0.15, 0.2) is 11.1 Å². The SMILES string of the molecule is CC1=CSCC(=O)N1CC(=O)N1CCNCC1. The van der Waals surface area contributed by atoms with Crippen LogP contribution in [0, 0.1) is 0 Å². The molecule has 2 aliphatic rings. The third-order valence-electron chi connectivity index (χ3n) is 2.95. The first kappa shape index (κ1) is 12.4. The van der Waals surface area contributed by atoms with Crippen molar-refractivity contribution in [3.63, 3.8) is 0 Å². The van der Waals surface area contributed by atoms with Crippen molar-refractivity contribution in [3.8, 4) is 0 Å². The number of hydrogen-bond donors (Lipinski definition) is 1. The van der Waals surface area contributed by atoms with Crippen LogP contribution < -0.4 is 5.32 Å². The van der Waals surface area contributed by atoms with Crippen LogP contribution in [0.2, 0.25) is 0 Å². The summed E-state index contributed by atoms with van der Waals surface area (Å²) < 4.78 is 0. The van der Waals surface area contributed by atoms with Crippen molar-refractivity contribution in [2.75, 3.05) is 38.5 Å². The number of carbonyl (C=O) groups is 2. The highest BCUT2D eigenvalue weighted by atomic mass is 32.2. The third kappa shape index (κ3) is 3.01. The Labute approximate surface area is 105 Å². The Morgan fingerprint density at radius 2 is 2.18 bits per heavy atom. The number of carbonyl (C=O) groups excluding carboxylic acids is 2. The monoisotopic (exact) mass is 255 g/mol. The molecular weight excluding hydrogens is 238 g/mol. The fraction of sp³-hybridized carbons (Fsp3) is 0.636. The molecule has 0 aliphatic carbocycles. The highest BCUT2D eigenvalue weighted by molar-refractivity contribution is 8.02. The Bertz CT molecular complexity index is 351. The molecule has 0 aromatic carbocycles. The van der Waals surface area contributed by atoms with Crippen molar-refractivity contribution >= 4 is 23.6 Å². The van der Waals surface area contributed by atoms with E-state index >= 15 is 0 Å². The Morgan fingerprint density at radius 3 is 2.82 bits per heavy atom. The second-order valence-corrected chi connectivity index (χ2v) is 5.04. The fourth-order valence-corrected chi connectivity index (χ4v) is 2.68. The number of allylic oxidation sites excluding steroid dienone is 1. The molecule has 6 heteroatoms. The van der Waals surface area contributed by atoms with Crippen molar-refractivity contribution in [3.05, 3.63) is 11.1 Å². The topological polar surface area (TPSA) is 52.7 Å². The van der Waals surface area contributed by atoms with Crippen LogP contribution in [0.4, 0.5) is 0 Å². The Hall–Kier alpha value is -1.01. The molecule has 2 rings (SSSR count). The molecule has 0 atom stereocenters. The zero-order valence-corrected chi connectivity index (χ0v) is 10.8. The van der Waals surface area contributed by atoms with E-state index in [1.807, 2.05) is 17.2 Å². The molecule has 2 amide bonds. The molecule has 0 spiro atoms. The molecule has 0 bridgehead atoms. The second-order valence-electron chi connectivity index (χ2n) is 4.18. The highest BCUT2D eigenvalue weighted by Gasteiger charge is 2.25. The van der Waals surface area contributed by atoms with Gasteiger partial charge < -0.3 is 15.1 Å². The largest absolute Gasteiger partial charge is 0.339 e. The number of rotatable bonds is 2. The summed E-state index contributed by atoms with van der Waals surface area (Å²) in [7, 11) is 0. The molecule has 17 heavy (non-hydrogen) atoms. The lowest BCUT2D eigenvalue weighted by atomic mass is 10.3. The summed E-state index contributed by atoms with van der Waals surface area (Å²) >= 11 is 1.49. The molecule has 1 N–H and O–H groups in total. The molecule has 0 aromatic rings. The van der Waals surface area contributed by atoms with Crippen LogP contribution in [0.5, 0.6) is 0 Å². The molecule has 2 heterocycles. The predicted octanol–water partition coefficient (Wildman–Crippen LogP) is -0.145. The van der Waals surface area contributed by atoms with Crippen LogP contribution in [-0.2, 0) is 9.59 Å². The lowest BCUT2D eigenvalue weighted by Crippen LogP contribution is -2.50.